The van der Waals surface area contributed by atoms with Crippen molar-refractivity contribution in [3.8, 4) is 0 Å². The lowest BCUT2D eigenvalue weighted by Gasteiger charge is -2.38. The molecule has 0 fully saturated rings. The van der Waals surface area contributed by atoms with Gasteiger partial charge in [-0.05, 0) is 18.1 Å². The standard InChI is InChI=1S/C19H20O/c1-19(2)14-13-17(15-9-5-3-6-10-15)20-18(19)16-11-7-4-8-12-16/h3-13,18H,14H2,1-2H3. The van der Waals surface area contributed by atoms with Crippen LogP contribution in [0.3, 0.4) is 0 Å². The SMILES string of the molecule is CC1(C)CC=C(c2ccccc2)OC1c1ccccc1. The van der Waals surface area contributed by atoms with E-state index in [1.165, 1.54) is 5.56 Å². The third-order valence-corrected chi connectivity index (χ3v) is 3.93. The van der Waals surface area contributed by atoms with Crippen LogP contribution in [0.5, 0.6) is 0 Å². The number of hydrogen-bond acceptors (Lipinski definition) is 1. The highest BCUT2D eigenvalue weighted by Crippen LogP contribution is 2.46. The summed E-state index contributed by atoms with van der Waals surface area (Å²) in [5.41, 5.74) is 2.52. The molecule has 2 aromatic rings. The van der Waals surface area contributed by atoms with E-state index >= 15 is 0 Å². The first kappa shape index (κ1) is 13.0. The molecule has 3 rings (SSSR count). The summed E-state index contributed by atoms with van der Waals surface area (Å²) < 4.78 is 6.33. The summed E-state index contributed by atoms with van der Waals surface area (Å²) in [6.45, 7) is 4.53. The maximum atomic E-state index is 6.33. The minimum atomic E-state index is 0.101. The average Bonchev–Trinajstić information content (AvgIpc) is 2.49. The van der Waals surface area contributed by atoms with Crippen LogP contribution in [0.2, 0.25) is 0 Å². The molecular formula is C19H20O. The van der Waals surface area contributed by atoms with Gasteiger partial charge in [-0.2, -0.15) is 0 Å². The zero-order chi connectivity index (χ0) is 14.0. The van der Waals surface area contributed by atoms with Crippen LogP contribution in [-0.4, -0.2) is 0 Å². The monoisotopic (exact) mass is 264 g/mol. The second-order valence-corrected chi connectivity index (χ2v) is 6.04. The van der Waals surface area contributed by atoms with Gasteiger partial charge in [-0.25, -0.2) is 0 Å². The highest BCUT2D eigenvalue weighted by molar-refractivity contribution is 5.60. The number of rotatable bonds is 2. The zero-order valence-electron chi connectivity index (χ0n) is 12.0. The van der Waals surface area contributed by atoms with Gasteiger partial charge in [0.1, 0.15) is 11.9 Å². The molecule has 1 heterocycles. The molecule has 0 spiro atoms. The lowest BCUT2D eigenvalue weighted by molar-refractivity contribution is 0.0361. The second-order valence-electron chi connectivity index (χ2n) is 6.04. The van der Waals surface area contributed by atoms with Crippen molar-refractivity contribution >= 4 is 5.76 Å². The van der Waals surface area contributed by atoms with Gasteiger partial charge in [0, 0.05) is 11.0 Å². The highest BCUT2D eigenvalue weighted by Gasteiger charge is 2.35. The van der Waals surface area contributed by atoms with Gasteiger partial charge in [-0.1, -0.05) is 74.5 Å². The normalized spacial score (nSPS) is 20.9. The van der Waals surface area contributed by atoms with Gasteiger partial charge in [0.05, 0.1) is 0 Å². The van der Waals surface area contributed by atoms with Gasteiger partial charge in [-0.15, -0.1) is 0 Å². The van der Waals surface area contributed by atoms with Crippen LogP contribution in [0.4, 0.5) is 0 Å². The molecule has 1 unspecified atom stereocenters. The molecule has 0 saturated heterocycles. The number of hydrogen-bond donors (Lipinski definition) is 0. The van der Waals surface area contributed by atoms with Gasteiger partial charge in [-0.3, -0.25) is 0 Å². The van der Waals surface area contributed by atoms with E-state index in [1.807, 2.05) is 12.1 Å². The molecule has 1 nitrogen and oxygen atoms in total. The van der Waals surface area contributed by atoms with Crippen LogP contribution in [0.25, 0.3) is 5.76 Å². The quantitative estimate of drug-likeness (QED) is 0.723. The van der Waals surface area contributed by atoms with Gasteiger partial charge in [0.15, 0.2) is 0 Å². The highest BCUT2D eigenvalue weighted by atomic mass is 16.5. The fourth-order valence-corrected chi connectivity index (χ4v) is 2.73. The molecule has 1 atom stereocenters. The minimum absolute atomic E-state index is 0.101. The van der Waals surface area contributed by atoms with Crippen molar-refractivity contribution in [2.24, 2.45) is 5.41 Å². The second kappa shape index (κ2) is 5.16. The topological polar surface area (TPSA) is 9.23 Å². The third kappa shape index (κ3) is 2.49. The number of ether oxygens (including phenoxy) is 1. The molecule has 0 aromatic heterocycles. The summed E-state index contributed by atoms with van der Waals surface area (Å²) in [7, 11) is 0. The first-order valence-electron chi connectivity index (χ1n) is 7.14. The van der Waals surface area contributed by atoms with Crippen molar-refractivity contribution in [3.05, 3.63) is 77.9 Å². The number of allylic oxidation sites excluding steroid dienone is 1. The van der Waals surface area contributed by atoms with Gasteiger partial charge >= 0.3 is 0 Å². The number of benzene rings is 2. The molecule has 1 aliphatic rings. The predicted molar refractivity (Wildman–Crippen MR) is 83.1 cm³/mol. The van der Waals surface area contributed by atoms with Crippen molar-refractivity contribution in [2.45, 2.75) is 26.4 Å². The molecule has 2 aromatic carbocycles. The van der Waals surface area contributed by atoms with Crippen LogP contribution < -0.4 is 0 Å². The Balaban J connectivity index is 1.94. The molecule has 0 amide bonds. The minimum Gasteiger partial charge on any atom is -0.485 e. The molecule has 20 heavy (non-hydrogen) atoms. The Bertz CT molecular complexity index is 596. The molecule has 0 radical (unpaired) electrons. The lowest BCUT2D eigenvalue weighted by atomic mass is 9.78. The Morgan fingerprint density at radius 1 is 0.900 bits per heavy atom. The third-order valence-electron chi connectivity index (χ3n) is 3.93. The molecule has 1 heteroatoms. The van der Waals surface area contributed by atoms with Crippen molar-refractivity contribution in [3.63, 3.8) is 0 Å². The summed E-state index contributed by atoms with van der Waals surface area (Å²) in [6, 6.07) is 20.9. The summed E-state index contributed by atoms with van der Waals surface area (Å²) in [5.74, 6) is 0.999. The lowest BCUT2D eigenvalue weighted by Crippen LogP contribution is -2.27. The summed E-state index contributed by atoms with van der Waals surface area (Å²) in [4.78, 5) is 0. The van der Waals surface area contributed by atoms with Gasteiger partial charge < -0.3 is 4.74 Å². The van der Waals surface area contributed by atoms with E-state index in [0.29, 0.717) is 0 Å². The van der Waals surface area contributed by atoms with Crippen molar-refractivity contribution in [2.75, 3.05) is 0 Å². The maximum Gasteiger partial charge on any atom is 0.129 e. The summed E-state index contributed by atoms with van der Waals surface area (Å²) in [6.07, 6.45) is 3.34. The average molecular weight is 264 g/mol. The summed E-state index contributed by atoms with van der Waals surface area (Å²) in [5, 5.41) is 0. The zero-order valence-corrected chi connectivity index (χ0v) is 12.0. The van der Waals surface area contributed by atoms with Crippen LogP contribution >= 0.6 is 0 Å². The van der Waals surface area contributed by atoms with Crippen molar-refractivity contribution in [1.29, 1.82) is 0 Å². The summed E-state index contributed by atoms with van der Waals surface area (Å²) >= 11 is 0. The van der Waals surface area contributed by atoms with E-state index in [9.17, 15) is 0 Å². The van der Waals surface area contributed by atoms with E-state index in [-0.39, 0.29) is 11.5 Å². The van der Waals surface area contributed by atoms with Crippen LogP contribution in [0.15, 0.2) is 66.7 Å². The maximum absolute atomic E-state index is 6.33. The van der Waals surface area contributed by atoms with Gasteiger partial charge in [0.2, 0.25) is 0 Å². The van der Waals surface area contributed by atoms with E-state index in [4.69, 9.17) is 4.74 Å². The van der Waals surface area contributed by atoms with E-state index in [2.05, 4.69) is 68.5 Å². The smallest absolute Gasteiger partial charge is 0.129 e. The Kier molecular flexibility index (Phi) is 3.35. The largest absolute Gasteiger partial charge is 0.485 e. The van der Waals surface area contributed by atoms with E-state index < -0.39 is 0 Å². The molecule has 0 N–H and O–H groups in total. The fraction of sp³-hybridized carbons (Fsp3) is 0.263. The first-order chi connectivity index (χ1) is 9.67. The molecule has 0 aliphatic carbocycles. The Morgan fingerprint density at radius 2 is 1.50 bits per heavy atom. The molecule has 1 aliphatic heterocycles. The molecular weight excluding hydrogens is 244 g/mol. The van der Waals surface area contributed by atoms with Crippen molar-refractivity contribution in [1.82, 2.24) is 0 Å². The molecule has 102 valence electrons. The van der Waals surface area contributed by atoms with Crippen LogP contribution in [0.1, 0.15) is 37.5 Å². The van der Waals surface area contributed by atoms with Crippen LogP contribution in [-0.2, 0) is 4.74 Å². The van der Waals surface area contributed by atoms with E-state index in [1.54, 1.807) is 0 Å². The predicted octanol–water partition coefficient (Wildman–Crippen LogP) is 5.22. The van der Waals surface area contributed by atoms with E-state index in [0.717, 1.165) is 17.7 Å². The molecule has 0 saturated carbocycles. The van der Waals surface area contributed by atoms with Crippen molar-refractivity contribution < 1.29 is 4.74 Å². The van der Waals surface area contributed by atoms with Gasteiger partial charge in [0.25, 0.3) is 0 Å². The fourth-order valence-electron chi connectivity index (χ4n) is 2.73. The Hall–Kier alpha value is -2.02. The molecule has 0 bridgehead atoms. The first-order valence-corrected chi connectivity index (χ1v) is 7.14. The Morgan fingerprint density at radius 3 is 2.15 bits per heavy atom. The van der Waals surface area contributed by atoms with Crippen LogP contribution in [0, 0.1) is 5.41 Å². The Labute approximate surface area is 120 Å².